The van der Waals surface area contributed by atoms with E-state index in [2.05, 4.69) is 52.3 Å². The number of rotatable bonds is 3. The molecule has 2 heterocycles. The number of pyridine rings is 1. The number of aromatic nitrogens is 1. The Balaban J connectivity index is 1.95. The average Bonchev–Trinajstić information content (AvgIpc) is 2.50. The zero-order valence-electron chi connectivity index (χ0n) is 11.7. The first-order valence-electron chi connectivity index (χ1n) is 7.30. The predicted octanol–water partition coefficient (Wildman–Crippen LogP) is 2.59. The van der Waals surface area contributed by atoms with Gasteiger partial charge in [0.05, 0.1) is 11.7 Å². The molecule has 1 aliphatic rings. The van der Waals surface area contributed by atoms with Gasteiger partial charge in [-0.25, -0.2) is 0 Å². The van der Waals surface area contributed by atoms with Gasteiger partial charge in [-0.1, -0.05) is 36.4 Å². The minimum Gasteiger partial charge on any atom is -0.327 e. The lowest BCUT2D eigenvalue weighted by Gasteiger charge is -2.37. The van der Waals surface area contributed by atoms with E-state index in [4.69, 9.17) is 5.73 Å². The minimum atomic E-state index is 0.212. The summed E-state index contributed by atoms with van der Waals surface area (Å²) in [5.41, 5.74) is 8.55. The molecule has 0 spiro atoms. The summed E-state index contributed by atoms with van der Waals surface area (Å²) in [5.74, 6) is 0. The van der Waals surface area contributed by atoms with Gasteiger partial charge in [0.25, 0.3) is 0 Å². The molecule has 3 heteroatoms. The van der Waals surface area contributed by atoms with Crippen LogP contribution in [-0.2, 0) is 0 Å². The van der Waals surface area contributed by atoms with Crippen LogP contribution < -0.4 is 5.73 Å². The molecule has 3 rings (SSSR count). The first kappa shape index (κ1) is 13.3. The normalized spacial score (nSPS) is 21.6. The van der Waals surface area contributed by atoms with Gasteiger partial charge in [-0.05, 0) is 37.1 Å². The zero-order chi connectivity index (χ0) is 13.8. The summed E-state index contributed by atoms with van der Waals surface area (Å²) in [7, 11) is 0. The number of piperidine rings is 1. The topological polar surface area (TPSA) is 42.1 Å². The fourth-order valence-electron chi connectivity index (χ4n) is 3.02. The lowest BCUT2D eigenvalue weighted by molar-refractivity contribution is 0.168. The molecule has 1 fully saturated rings. The Bertz CT molecular complexity index is 487. The molecule has 0 saturated carbocycles. The quantitative estimate of drug-likeness (QED) is 0.929. The summed E-state index contributed by atoms with van der Waals surface area (Å²) in [6, 6.07) is 17.2. The summed E-state index contributed by atoms with van der Waals surface area (Å²) in [6.07, 6.45) is 4.16. The molecule has 2 unspecified atom stereocenters. The third-order valence-electron chi connectivity index (χ3n) is 3.94. The third kappa shape index (κ3) is 2.89. The van der Waals surface area contributed by atoms with Gasteiger partial charge in [0.2, 0.25) is 0 Å². The van der Waals surface area contributed by atoms with Gasteiger partial charge in [0.1, 0.15) is 0 Å². The van der Waals surface area contributed by atoms with Gasteiger partial charge in [0.15, 0.2) is 0 Å². The highest BCUT2D eigenvalue weighted by atomic mass is 15.2. The molecular weight excluding hydrogens is 246 g/mol. The Labute approximate surface area is 120 Å². The van der Waals surface area contributed by atoms with E-state index < -0.39 is 0 Å². The Hall–Kier alpha value is -1.71. The molecule has 2 aromatic rings. The van der Waals surface area contributed by atoms with Crippen molar-refractivity contribution in [3.63, 3.8) is 0 Å². The first-order valence-corrected chi connectivity index (χ1v) is 7.30. The van der Waals surface area contributed by atoms with E-state index in [9.17, 15) is 0 Å². The van der Waals surface area contributed by atoms with Crippen LogP contribution in [0, 0.1) is 0 Å². The Kier molecular flexibility index (Phi) is 4.09. The lowest BCUT2D eigenvalue weighted by Crippen LogP contribution is -2.44. The Morgan fingerprint density at radius 1 is 1.10 bits per heavy atom. The van der Waals surface area contributed by atoms with Crippen molar-refractivity contribution in [3.8, 4) is 0 Å². The molecule has 1 saturated heterocycles. The van der Waals surface area contributed by atoms with Gasteiger partial charge >= 0.3 is 0 Å². The van der Waals surface area contributed by atoms with Crippen LogP contribution in [0.15, 0.2) is 54.7 Å². The van der Waals surface area contributed by atoms with Crippen LogP contribution >= 0.6 is 0 Å². The molecule has 1 aromatic carbocycles. The molecular formula is C17H21N3. The Morgan fingerprint density at radius 3 is 2.60 bits per heavy atom. The van der Waals surface area contributed by atoms with Crippen LogP contribution in [0.3, 0.4) is 0 Å². The van der Waals surface area contributed by atoms with Gasteiger partial charge in [-0.15, -0.1) is 0 Å². The standard InChI is InChI=1S/C17H21N3/c18-15-9-6-12-20(13-15)17(14-7-2-1-3-8-14)16-10-4-5-11-19-16/h1-5,7-8,10-11,15,17H,6,9,12-13,18H2. The third-order valence-corrected chi connectivity index (χ3v) is 3.94. The van der Waals surface area contributed by atoms with Gasteiger partial charge in [-0.3, -0.25) is 9.88 Å². The predicted molar refractivity (Wildman–Crippen MR) is 81.3 cm³/mol. The average molecular weight is 267 g/mol. The monoisotopic (exact) mass is 267 g/mol. The second kappa shape index (κ2) is 6.16. The molecule has 20 heavy (non-hydrogen) atoms. The first-order chi connectivity index (χ1) is 9.84. The smallest absolute Gasteiger partial charge is 0.0776 e. The van der Waals surface area contributed by atoms with Crippen molar-refractivity contribution in [2.45, 2.75) is 24.9 Å². The number of nitrogens with zero attached hydrogens (tertiary/aromatic N) is 2. The highest BCUT2D eigenvalue weighted by molar-refractivity contribution is 5.28. The minimum absolute atomic E-state index is 0.212. The maximum absolute atomic E-state index is 6.16. The maximum atomic E-state index is 6.16. The van der Waals surface area contributed by atoms with Crippen LogP contribution in [0.2, 0.25) is 0 Å². The van der Waals surface area contributed by atoms with E-state index in [-0.39, 0.29) is 12.1 Å². The molecule has 1 aromatic heterocycles. The molecule has 2 N–H and O–H groups in total. The van der Waals surface area contributed by atoms with E-state index in [1.54, 1.807) is 0 Å². The van der Waals surface area contributed by atoms with Crippen LogP contribution in [0.1, 0.15) is 30.1 Å². The second-order valence-electron chi connectivity index (χ2n) is 5.47. The summed E-state index contributed by atoms with van der Waals surface area (Å²) in [5, 5.41) is 0. The molecule has 1 aliphatic heterocycles. The van der Waals surface area contributed by atoms with Crippen LogP contribution in [0.4, 0.5) is 0 Å². The molecule has 2 atom stereocenters. The fourth-order valence-corrected chi connectivity index (χ4v) is 3.02. The highest BCUT2D eigenvalue weighted by Crippen LogP contribution is 2.29. The SMILES string of the molecule is NC1CCCN(C(c2ccccc2)c2ccccn2)C1. The van der Waals surface area contributed by atoms with Crippen LogP contribution in [0.5, 0.6) is 0 Å². The summed E-state index contributed by atoms with van der Waals surface area (Å²) >= 11 is 0. The van der Waals surface area contributed by atoms with Crippen molar-refractivity contribution < 1.29 is 0 Å². The summed E-state index contributed by atoms with van der Waals surface area (Å²) in [6.45, 7) is 2.03. The summed E-state index contributed by atoms with van der Waals surface area (Å²) < 4.78 is 0. The van der Waals surface area contributed by atoms with Crippen molar-refractivity contribution in [3.05, 3.63) is 66.0 Å². The number of nitrogens with two attached hydrogens (primary N) is 1. The number of benzene rings is 1. The molecule has 0 amide bonds. The van der Waals surface area contributed by atoms with Crippen molar-refractivity contribution in [2.24, 2.45) is 5.73 Å². The Morgan fingerprint density at radius 2 is 1.90 bits per heavy atom. The van der Waals surface area contributed by atoms with E-state index in [1.807, 2.05) is 12.3 Å². The molecule has 0 bridgehead atoms. The van der Waals surface area contributed by atoms with Crippen molar-refractivity contribution in [1.29, 1.82) is 0 Å². The lowest BCUT2D eigenvalue weighted by atomic mass is 9.97. The van der Waals surface area contributed by atoms with Crippen molar-refractivity contribution in [2.75, 3.05) is 13.1 Å². The maximum Gasteiger partial charge on any atom is 0.0776 e. The van der Waals surface area contributed by atoms with E-state index in [0.717, 1.165) is 31.6 Å². The molecule has 0 aliphatic carbocycles. The van der Waals surface area contributed by atoms with Crippen molar-refractivity contribution >= 4 is 0 Å². The van der Waals surface area contributed by atoms with Gasteiger partial charge in [-0.2, -0.15) is 0 Å². The largest absolute Gasteiger partial charge is 0.327 e. The number of likely N-dealkylation sites (tertiary alicyclic amines) is 1. The van der Waals surface area contributed by atoms with Crippen LogP contribution in [-0.4, -0.2) is 29.0 Å². The molecule has 104 valence electrons. The fraction of sp³-hybridized carbons (Fsp3) is 0.353. The van der Waals surface area contributed by atoms with E-state index in [1.165, 1.54) is 5.56 Å². The number of hydrogen-bond acceptors (Lipinski definition) is 3. The molecule has 0 radical (unpaired) electrons. The zero-order valence-corrected chi connectivity index (χ0v) is 11.7. The number of hydrogen-bond donors (Lipinski definition) is 1. The van der Waals surface area contributed by atoms with E-state index >= 15 is 0 Å². The van der Waals surface area contributed by atoms with Gasteiger partial charge < -0.3 is 5.73 Å². The summed E-state index contributed by atoms with van der Waals surface area (Å²) in [4.78, 5) is 7.04. The van der Waals surface area contributed by atoms with Crippen LogP contribution in [0.25, 0.3) is 0 Å². The highest BCUT2D eigenvalue weighted by Gasteiger charge is 2.27. The molecule has 3 nitrogen and oxygen atoms in total. The van der Waals surface area contributed by atoms with Gasteiger partial charge in [0, 0.05) is 18.8 Å². The van der Waals surface area contributed by atoms with E-state index in [0.29, 0.717) is 0 Å². The van der Waals surface area contributed by atoms with Crippen molar-refractivity contribution in [1.82, 2.24) is 9.88 Å². The second-order valence-corrected chi connectivity index (χ2v) is 5.47.